The molecule has 32 valence electrons. The first-order valence-corrected chi connectivity index (χ1v) is 1.79. The van der Waals surface area contributed by atoms with Crippen LogP contribution in [0.25, 0.3) is 0 Å². The first kappa shape index (κ1) is 3.40. The van der Waals surface area contributed by atoms with E-state index < -0.39 is 0 Å². The lowest BCUT2D eigenvalue weighted by Crippen LogP contribution is -2.17. The summed E-state index contributed by atoms with van der Waals surface area (Å²) in [5, 5.41) is 0. The molecule has 0 fully saturated rings. The molecule has 0 atom stereocenters. The first-order valence-electron chi connectivity index (χ1n) is 1.79. The predicted molar refractivity (Wildman–Crippen MR) is 21.9 cm³/mol. The number of nitrogens with two attached hydrogens (primary N) is 1. The summed E-state index contributed by atoms with van der Waals surface area (Å²) in [7, 11) is 0. The summed E-state index contributed by atoms with van der Waals surface area (Å²) in [6.45, 7) is 0. The highest BCUT2D eigenvalue weighted by Gasteiger charge is 2.10. The van der Waals surface area contributed by atoms with E-state index >= 15 is 0 Å². The first-order chi connectivity index (χ1) is 2.80. The van der Waals surface area contributed by atoms with E-state index in [-0.39, 0.29) is 5.78 Å². The highest BCUT2D eigenvalue weighted by Crippen LogP contribution is 2.04. The van der Waals surface area contributed by atoms with E-state index in [2.05, 4.69) is 0 Å². The third-order valence-corrected chi connectivity index (χ3v) is 0.829. The molecule has 0 radical (unpaired) electrons. The Bertz CT molecular complexity index is 115. The van der Waals surface area contributed by atoms with Crippen LogP contribution >= 0.6 is 0 Å². The van der Waals surface area contributed by atoms with Crippen LogP contribution in [0.5, 0.6) is 0 Å². The largest absolute Gasteiger partial charge is 0.396 e. The second-order valence-corrected chi connectivity index (χ2v) is 1.29. The quantitative estimate of drug-likeness (QED) is 0.440. The van der Waals surface area contributed by atoms with E-state index in [4.69, 9.17) is 5.73 Å². The third kappa shape index (κ3) is 0.233. The molecule has 0 amide bonds. The van der Waals surface area contributed by atoms with Gasteiger partial charge in [-0.25, -0.2) is 0 Å². The van der Waals surface area contributed by atoms with Crippen LogP contribution in [0.2, 0.25) is 0 Å². The van der Waals surface area contributed by atoms with Gasteiger partial charge in [0.1, 0.15) is 0 Å². The van der Waals surface area contributed by atoms with Crippen molar-refractivity contribution in [3.63, 3.8) is 0 Å². The number of allylic oxidation sites excluding steroid dienone is 2. The second kappa shape index (κ2) is 0.834. The Balaban J connectivity index is 2.75. The third-order valence-electron chi connectivity index (χ3n) is 0.829. The SMILES string of the molecule is NC1=CCC1=O. The lowest BCUT2D eigenvalue weighted by molar-refractivity contribution is -0.116. The Hall–Kier alpha value is -0.790. The van der Waals surface area contributed by atoms with Crippen LogP contribution in [0, 0.1) is 0 Å². The minimum atomic E-state index is 0.0787. The van der Waals surface area contributed by atoms with Gasteiger partial charge in [-0.1, -0.05) is 0 Å². The topological polar surface area (TPSA) is 43.1 Å². The Morgan fingerprint density at radius 3 is 2.33 bits per heavy atom. The summed E-state index contributed by atoms with van der Waals surface area (Å²) in [5.74, 6) is 0.0787. The van der Waals surface area contributed by atoms with Crippen molar-refractivity contribution in [2.24, 2.45) is 5.73 Å². The van der Waals surface area contributed by atoms with Gasteiger partial charge in [-0.3, -0.25) is 4.79 Å². The molecular weight excluding hydrogens is 78.0 g/mol. The molecule has 0 saturated heterocycles. The molecule has 0 spiro atoms. The number of carbonyl (C=O) groups is 1. The van der Waals surface area contributed by atoms with Crippen molar-refractivity contribution in [2.75, 3.05) is 0 Å². The van der Waals surface area contributed by atoms with Crippen molar-refractivity contribution in [1.82, 2.24) is 0 Å². The standard InChI is InChI=1S/C4H5NO/c5-3-1-2-4(3)6/h1H,2,5H2. The van der Waals surface area contributed by atoms with Crippen LogP contribution < -0.4 is 5.73 Å². The van der Waals surface area contributed by atoms with Crippen molar-refractivity contribution < 1.29 is 4.79 Å². The summed E-state index contributed by atoms with van der Waals surface area (Å²) in [4.78, 5) is 10.0. The number of Topliss-reactive ketones (excluding diaryl/α,β-unsaturated/α-hetero) is 1. The van der Waals surface area contributed by atoms with Crippen LogP contribution in [-0.4, -0.2) is 5.78 Å². The Morgan fingerprint density at radius 1 is 1.83 bits per heavy atom. The van der Waals surface area contributed by atoms with E-state index in [1.54, 1.807) is 6.08 Å². The molecule has 0 bridgehead atoms. The predicted octanol–water partition coefficient (Wildman–Crippen LogP) is -0.198. The molecule has 1 rings (SSSR count). The molecular formula is C4H5NO. The van der Waals surface area contributed by atoms with Gasteiger partial charge in [-0.05, 0) is 6.08 Å². The van der Waals surface area contributed by atoms with Gasteiger partial charge in [0.25, 0.3) is 0 Å². The average Bonchev–Trinajstić information content (AvgIpc) is 1.61. The molecule has 0 aliphatic heterocycles. The van der Waals surface area contributed by atoms with Gasteiger partial charge in [0, 0.05) is 6.42 Å². The van der Waals surface area contributed by atoms with Crippen LogP contribution in [0.3, 0.4) is 0 Å². The monoisotopic (exact) mass is 83.0 g/mol. The van der Waals surface area contributed by atoms with Gasteiger partial charge in [0.05, 0.1) is 5.70 Å². The highest BCUT2D eigenvalue weighted by atomic mass is 16.1. The zero-order valence-electron chi connectivity index (χ0n) is 3.27. The molecule has 1 aliphatic rings. The lowest BCUT2D eigenvalue weighted by atomic mass is 10.1. The van der Waals surface area contributed by atoms with Gasteiger partial charge in [0.15, 0.2) is 5.78 Å². The highest BCUT2D eigenvalue weighted by molar-refractivity contribution is 6.01. The van der Waals surface area contributed by atoms with Gasteiger partial charge in [-0.15, -0.1) is 0 Å². The van der Waals surface area contributed by atoms with Gasteiger partial charge in [0.2, 0.25) is 0 Å². The molecule has 0 aromatic rings. The molecule has 1 aliphatic carbocycles. The fraction of sp³-hybridized carbons (Fsp3) is 0.250. The van der Waals surface area contributed by atoms with Crippen molar-refractivity contribution >= 4 is 5.78 Å². The van der Waals surface area contributed by atoms with Crippen molar-refractivity contribution in [3.05, 3.63) is 11.8 Å². The maximum absolute atomic E-state index is 10.0. The number of ketones is 1. The van der Waals surface area contributed by atoms with Gasteiger partial charge in [-0.2, -0.15) is 0 Å². The van der Waals surface area contributed by atoms with Crippen molar-refractivity contribution in [3.8, 4) is 0 Å². The minimum absolute atomic E-state index is 0.0787. The maximum atomic E-state index is 10.0. The zero-order valence-corrected chi connectivity index (χ0v) is 3.27. The maximum Gasteiger partial charge on any atom is 0.181 e. The van der Waals surface area contributed by atoms with Crippen LogP contribution in [-0.2, 0) is 4.79 Å². The Morgan fingerprint density at radius 2 is 2.33 bits per heavy atom. The normalized spacial score (nSPS) is 19.3. The number of carbonyl (C=O) groups excluding carboxylic acids is 1. The molecule has 2 heteroatoms. The molecule has 0 saturated carbocycles. The Labute approximate surface area is 35.6 Å². The van der Waals surface area contributed by atoms with E-state index in [1.165, 1.54) is 0 Å². The summed E-state index contributed by atoms with van der Waals surface area (Å²) >= 11 is 0. The smallest absolute Gasteiger partial charge is 0.181 e. The van der Waals surface area contributed by atoms with E-state index in [9.17, 15) is 4.79 Å². The van der Waals surface area contributed by atoms with Crippen molar-refractivity contribution in [2.45, 2.75) is 6.42 Å². The fourth-order valence-corrected chi connectivity index (χ4v) is 0.303. The molecule has 0 unspecified atom stereocenters. The zero-order chi connectivity index (χ0) is 4.57. The molecule has 2 nitrogen and oxygen atoms in total. The fourth-order valence-electron chi connectivity index (χ4n) is 0.303. The lowest BCUT2D eigenvalue weighted by Gasteiger charge is -2.04. The number of hydrogen-bond acceptors (Lipinski definition) is 2. The number of rotatable bonds is 0. The molecule has 0 aromatic carbocycles. The van der Waals surface area contributed by atoms with E-state index in [0.29, 0.717) is 12.1 Å². The Kier molecular flexibility index (Phi) is 0.473. The summed E-state index contributed by atoms with van der Waals surface area (Å²) in [5.41, 5.74) is 5.46. The van der Waals surface area contributed by atoms with Gasteiger partial charge >= 0.3 is 0 Å². The summed E-state index contributed by atoms with van der Waals surface area (Å²) < 4.78 is 0. The van der Waals surface area contributed by atoms with Crippen molar-refractivity contribution in [1.29, 1.82) is 0 Å². The molecule has 2 N–H and O–H groups in total. The van der Waals surface area contributed by atoms with Crippen LogP contribution in [0.4, 0.5) is 0 Å². The number of hydrogen-bond donors (Lipinski definition) is 1. The minimum Gasteiger partial charge on any atom is -0.396 e. The van der Waals surface area contributed by atoms with E-state index in [0.717, 1.165) is 0 Å². The molecule has 0 heterocycles. The van der Waals surface area contributed by atoms with Crippen LogP contribution in [0.1, 0.15) is 6.42 Å². The summed E-state index contributed by atoms with van der Waals surface area (Å²) in [6, 6.07) is 0. The second-order valence-electron chi connectivity index (χ2n) is 1.29. The van der Waals surface area contributed by atoms with E-state index in [1.807, 2.05) is 0 Å². The molecule has 6 heavy (non-hydrogen) atoms. The molecule has 0 aromatic heterocycles. The van der Waals surface area contributed by atoms with Crippen LogP contribution in [0.15, 0.2) is 11.8 Å². The van der Waals surface area contributed by atoms with Gasteiger partial charge < -0.3 is 5.73 Å². The average molecular weight is 83.1 g/mol. The summed E-state index contributed by atoms with van der Waals surface area (Å²) in [6.07, 6.45) is 2.26.